The molecule has 23 heavy (non-hydrogen) atoms. The molecule has 4 rings (SSSR count). The summed E-state index contributed by atoms with van der Waals surface area (Å²) >= 11 is 0. The van der Waals surface area contributed by atoms with E-state index in [-0.39, 0.29) is 5.41 Å². The van der Waals surface area contributed by atoms with Crippen molar-refractivity contribution in [3.63, 3.8) is 0 Å². The van der Waals surface area contributed by atoms with E-state index in [1.54, 1.807) is 0 Å². The van der Waals surface area contributed by atoms with Crippen LogP contribution in [0.25, 0.3) is 0 Å². The molecule has 0 saturated carbocycles. The fraction of sp³-hybridized carbons (Fsp3) is 0.182. The second kappa shape index (κ2) is 6.02. The van der Waals surface area contributed by atoms with Gasteiger partial charge in [-0.2, -0.15) is 0 Å². The van der Waals surface area contributed by atoms with Gasteiger partial charge in [0.25, 0.3) is 0 Å². The van der Waals surface area contributed by atoms with Crippen molar-refractivity contribution in [2.75, 3.05) is 6.54 Å². The molecule has 0 bridgehead atoms. The van der Waals surface area contributed by atoms with E-state index in [4.69, 9.17) is 0 Å². The molecule has 3 aromatic rings. The molecule has 0 radical (unpaired) electrons. The molecule has 1 heterocycles. The number of hydrogen-bond donors (Lipinski definition) is 1. The summed E-state index contributed by atoms with van der Waals surface area (Å²) in [6, 6.07) is 33.0. The highest BCUT2D eigenvalue weighted by molar-refractivity contribution is 5.42. The van der Waals surface area contributed by atoms with Gasteiger partial charge in [0.1, 0.15) is 0 Å². The Morgan fingerprint density at radius 3 is 1.65 bits per heavy atom. The van der Waals surface area contributed by atoms with Crippen LogP contribution in [0, 0.1) is 0 Å². The minimum Gasteiger partial charge on any atom is -0.309 e. The maximum Gasteiger partial charge on any atom is 0.0345 e. The van der Waals surface area contributed by atoms with Crippen molar-refractivity contribution in [3.8, 4) is 0 Å². The zero-order chi connectivity index (χ0) is 15.5. The van der Waals surface area contributed by atoms with E-state index in [9.17, 15) is 0 Å². The van der Waals surface area contributed by atoms with E-state index in [0.717, 1.165) is 13.0 Å². The van der Waals surface area contributed by atoms with E-state index in [0.29, 0.717) is 6.04 Å². The molecular formula is C22H21N. The summed E-state index contributed by atoms with van der Waals surface area (Å²) in [7, 11) is 0. The Morgan fingerprint density at radius 1 is 0.652 bits per heavy atom. The van der Waals surface area contributed by atoms with Gasteiger partial charge < -0.3 is 5.32 Å². The zero-order valence-electron chi connectivity index (χ0n) is 13.2. The molecule has 3 aromatic carbocycles. The number of rotatable bonds is 3. The molecule has 1 heteroatoms. The largest absolute Gasteiger partial charge is 0.309 e. The fourth-order valence-corrected chi connectivity index (χ4v) is 3.83. The molecule has 1 nitrogen and oxygen atoms in total. The average molecular weight is 299 g/mol. The third-order valence-electron chi connectivity index (χ3n) is 5.06. The quantitative estimate of drug-likeness (QED) is 0.738. The van der Waals surface area contributed by atoms with Crippen molar-refractivity contribution in [2.45, 2.75) is 17.9 Å². The Hall–Kier alpha value is -2.38. The second-order valence-electron chi connectivity index (χ2n) is 6.36. The van der Waals surface area contributed by atoms with Crippen LogP contribution in [0.15, 0.2) is 91.0 Å². The summed E-state index contributed by atoms with van der Waals surface area (Å²) in [6.45, 7) is 0.973. The van der Waals surface area contributed by atoms with E-state index >= 15 is 0 Å². The predicted molar refractivity (Wildman–Crippen MR) is 95.5 cm³/mol. The molecule has 0 spiro atoms. The van der Waals surface area contributed by atoms with Crippen molar-refractivity contribution < 1.29 is 0 Å². The topological polar surface area (TPSA) is 12.0 Å². The Bertz CT molecular complexity index is 710. The van der Waals surface area contributed by atoms with E-state index in [1.165, 1.54) is 16.7 Å². The molecule has 1 saturated heterocycles. The monoisotopic (exact) mass is 299 g/mol. The summed E-state index contributed by atoms with van der Waals surface area (Å²) in [6.07, 6.45) is 1.09. The van der Waals surface area contributed by atoms with Crippen LogP contribution in [0.3, 0.4) is 0 Å². The lowest BCUT2D eigenvalue weighted by molar-refractivity contribution is 0.551. The minimum absolute atomic E-state index is 0.0447. The van der Waals surface area contributed by atoms with Crippen molar-refractivity contribution >= 4 is 0 Å². The summed E-state index contributed by atoms with van der Waals surface area (Å²) in [5.74, 6) is 0. The predicted octanol–water partition coefficient (Wildman–Crippen LogP) is 4.71. The molecule has 1 unspecified atom stereocenters. The minimum atomic E-state index is 0.0447. The molecule has 1 N–H and O–H groups in total. The van der Waals surface area contributed by atoms with Gasteiger partial charge in [-0.05, 0) is 23.1 Å². The summed E-state index contributed by atoms with van der Waals surface area (Å²) in [5.41, 5.74) is 4.22. The van der Waals surface area contributed by atoms with Gasteiger partial charge in [-0.1, -0.05) is 91.0 Å². The first-order chi connectivity index (χ1) is 11.4. The summed E-state index contributed by atoms with van der Waals surface area (Å²) in [5, 5.41) is 3.76. The molecule has 114 valence electrons. The highest BCUT2D eigenvalue weighted by atomic mass is 15.0. The third kappa shape index (κ3) is 2.58. The van der Waals surface area contributed by atoms with Gasteiger partial charge in [-0.3, -0.25) is 0 Å². The van der Waals surface area contributed by atoms with Crippen molar-refractivity contribution in [1.82, 2.24) is 5.32 Å². The maximum absolute atomic E-state index is 3.76. The molecule has 1 aliphatic rings. The molecule has 0 aliphatic carbocycles. The van der Waals surface area contributed by atoms with Crippen LogP contribution < -0.4 is 5.32 Å². The average Bonchev–Trinajstić information content (AvgIpc) is 3.11. The highest BCUT2D eigenvalue weighted by Gasteiger charge is 2.42. The molecule has 1 atom stereocenters. The molecule has 1 fully saturated rings. The van der Waals surface area contributed by atoms with E-state index in [2.05, 4.69) is 96.3 Å². The second-order valence-corrected chi connectivity index (χ2v) is 6.36. The van der Waals surface area contributed by atoms with Gasteiger partial charge >= 0.3 is 0 Å². The first-order valence-electron chi connectivity index (χ1n) is 8.28. The standard InChI is InChI=1S/C22H21N/c1-4-10-18(11-5-1)21-16-22(17-23-21,19-12-6-2-7-13-19)20-14-8-3-9-15-20/h1-15,21,23H,16-17H2. The normalized spacial score (nSPS) is 19.6. The lowest BCUT2D eigenvalue weighted by atomic mass is 9.72. The lowest BCUT2D eigenvalue weighted by Gasteiger charge is -2.30. The highest BCUT2D eigenvalue weighted by Crippen LogP contribution is 2.44. The zero-order valence-corrected chi connectivity index (χ0v) is 13.2. The summed E-state index contributed by atoms with van der Waals surface area (Å²) < 4.78 is 0. The Kier molecular flexibility index (Phi) is 3.72. The van der Waals surface area contributed by atoms with Crippen LogP contribution in [0.2, 0.25) is 0 Å². The van der Waals surface area contributed by atoms with Gasteiger partial charge in [0, 0.05) is 18.0 Å². The first kappa shape index (κ1) is 14.2. The van der Waals surface area contributed by atoms with Crippen LogP contribution in [0.1, 0.15) is 29.2 Å². The molecule has 0 amide bonds. The molecule has 1 aliphatic heterocycles. The SMILES string of the molecule is c1ccc(C2CC(c3ccccc3)(c3ccccc3)CN2)cc1. The third-order valence-corrected chi connectivity index (χ3v) is 5.06. The van der Waals surface area contributed by atoms with Crippen LogP contribution in [-0.2, 0) is 5.41 Å². The fourth-order valence-electron chi connectivity index (χ4n) is 3.83. The maximum atomic E-state index is 3.76. The first-order valence-corrected chi connectivity index (χ1v) is 8.28. The van der Waals surface area contributed by atoms with Gasteiger partial charge in [0.15, 0.2) is 0 Å². The van der Waals surface area contributed by atoms with Crippen LogP contribution >= 0.6 is 0 Å². The number of nitrogens with one attached hydrogen (secondary N) is 1. The lowest BCUT2D eigenvalue weighted by Crippen LogP contribution is -2.30. The van der Waals surface area contributed by atoms with Crippen LogP contribution in [0.5, 0.6) is 0 Å². The Balaban J connectivity index is 1.77. The van der Waals surface area contributed by atoms with Crippen molar-refractivity contribution in [3.05, 3.63) is 108 Å². The van der Waals surface area contributed by atoms with Crippen LogP contribution in [0.4, 0.5) is 0 Å². The van der Waals surface area contributed by atoms with Crippen LogP contribution in [-0.4, -0.2) is 6.54 Å². The number of benzene rings is 3. The van der Waals surface area contributed by atoms with E-state index in [1.807, 2.05) is 0 Å². The number of hydrogen-bond acceptors (Lipinski definition) is 1. The molecule has 0 aromatic heterocycles. The van der Waals surface area contributed by atoms with Gasteiger partial charge in [0.2, 0.25) is 0 Å². The molecular weight excluding hydrogens is 278 g/mol. The van der Waals surface area contributed by atoms with E-state index < -0.39 is 0 Å². The Morgan fingerprint density at radius 2 is 1.13 bits per heavy atom. The van der Waals surface area contributed by atoms with Gasteiger partial charge in [-0.25, -0.2) is 0 Å². The Labute approximate surface area is 138 Å². The van der Waals surface area contributed by atoms with Gasteiger partial charge in [-0.15, -0.1) is 0 Å². The summed E-state index contributed by atoms with van der Waals surface area (Å²) in [4.78, 5) is 0. The van der Waals surface area contributed by atoms with Crippen molar-refractivity contribution in [1.29, 1.82) is 0 Å². The van der Waals surface area contributed by atoms with Crippen molar-refractivity contribution in [2.24, 2.45) is 0 Å². The smallest absolute Gasteiger partial charge is 0.0345 e. The van der Waals surface area contributed by atoms with Gasteiger partial charge in [0.05, 0.1) is 0 Å².